The van der Waals surface area contributed by atoms with Crippen LogP contribution in [-0.2, 0) is 15.8 Å². The van der Waals surface area contributed by atoms with E-state index >= 15 is 0 Å². The fourth-order valence-corrected chi connectivity index (χ4v) is 3.22. The number of pyridine rings is 1. The van der Waals surface area contributed by atoms with Gasteiger partial charge in [-0.2, -0.15) is 13.2 Å². The summed E-state index contributed by atoms with van der Waals surface area (Å²) >= 11 is 5.76. The van der Waals surface area contributed by atoms with Crippen molar-refractivity contribution in [3.8, 4) is 0 Å². The van der Waals surface area contributed by atoms with Crippen LogP contribution in [0.15, 0.2) is 30.3 Å². The number of anilines is 2. The summed E-state index contributed by atoms with van der Waals surface area (Å²) in [5.74, 6) is -1.81. The Kier molecular flexibility index (Phi) is 6.00. The van der Waals surface area contributed by atoms with Crippen molar-refractivity contribution in [2.45, 2.75) is 19.1 Å². The Morgan fingerprint density at radius 2 is 2.00 bits per heavy atom. The largest absolute Gasteiger partial charge is 0.416 e. The van der Waals surface area contributed by atoms with Crippen LogP contribution in [0.25, 0.3) is 0 Å². The van der Waals surface area contributed by atoms with Crippen molar-refractivity contribution in [3.63, 3.8) is 0 Å². The molecule has 1 aromatic heterocycles. The first-order valence-electron chi connectivity index (χ1n) is 8.79. The van der Waals surface area contributed by atoms with Crippen molar-refractivity contribution >= 4 is 34.9 Å². The van der Waals surface area contributed by atoms with Crippen molar-refractivity contribution in [1.82, 2.24) is 10.3 Å². The molecule has 0 saturated carbocycles. The number of nitrogens with zero attached hydrogens (tertiary/aromatic N) is 3. The number of alkyl halides is 3. The number of amides is 2. The van der Waals surface area contributed by atoms with Gasteiger partial charge in [0, 0.05) is 18.4 Å². The minimum atomic E-state index is -4.60. The standard InChI is InChI=1S/C19H17ClF4N4O2/c1-10-5-11(19(22,23)24)6-16(26-10)28-9-15(25-8-17(28)29)18(30)27(2)12-3-4-14(21)13(20)7-12/h3-7,15,25H,8-9H2,1-2H3. The summed E-state index contributed by atoms with van der Waals surface area (Å²) in [5.41, 5.74) is -0.519. The van der Waals surface area contributed by atoms with Gasteiger partial charge in [0.15, 0.2) is 0 Å². The third kappa shape index (κ3) is 4.54. The topological polar surface area (TPSA) is 65.5 Å². The lowest BCUT2D eigenvalue weighted by atomic mass is 10.1. The summed E-state index contributed by atoms with van der Waals surface area (Å²) in [6, 6.07) is 4.50. The molecule has 30 heavy (non-hydrogen) atoms. The average Bonchev–Trinajstić information content (AvgIpc) is 2.68. The van der Waals surface area contributed by atoms with Crippen LogP contribution < -0.4 is 15.1 Å². The van der Waals surface area contributed by atoms with Gasteiger partial charge in [0.1, 0.15) is 17.7 Å². The number of hydrogen-bond donors (Lipinski definition) is 1. The molecule has 2 amide bonds. The zero-order chi connectivity index (χ0) is 22.2. The normalized spacial score (nSPS) is 17.2. The number of benzene rings is 1. The lowest BCUT2D eigenvalue weighted by Crippen LogP contribution is -2.60. The van der Waals surface area contributed by atoms with Crippen molar-refractivity contribution in [2.24, 2.45) is 0 Å². The van der Waals surface area contributed by atoms with Crippen LogP contribution in [0.3, 0.4) is 0 Å². The molecule has 1 aromatic carbocycles. The maximum Gasteiger partial charge on any atom is 0.416 e. The molecule has 6 nitrogen and oxygen atoms in total. The van der Waals surface area contributed by atoms with E-state index in [-0.39, 0.29) is 29.6 Å². The van der Waals surface area contributed by atoms with Crippen molar-refractivity contribution in [1.29, 1.82) is 0 Å². The van der Waals surface area contributed by atoms with Crippen LogP contribution in [0.1, 0.15) is 11.3 Å². The lowest BCUT2D eigenvalue weighted by molar-refractivity contribution is -0.137. The van der Waals surface area contributed by atoms with Gasteiger partial charge < -0.3 is 4.90 Å². The highest BCUT2D eigenvalue weighted by Gasteiger charge is 2.36. The van der Waals surface area contributed by atoms with E-state index < -0.39 is 35.4 Å². The predicted molar refractivity (Wildman–Crippen MR) is 103 cm³/mol. The SMILES string of the molecule is Cc1cc(C(F)(F)F)cc(N2CC(C(=O)N(C)c3ccc(F)c(Cl)c3)NCC2=O)n1. The number of carbonyl (C=O) groups is 2. The van der Waals surface area contributed by atoms with Gasteiger partial charge in [-0.3, -0.25) is 19.8 Å². The molecule has 0 aliphatic carbocycles. The second-order valence-corrected chi connectivity index (χ2v) is 7.19. The van der Waals surface area contributed by atoms with Crippen molar-refractivity contribution in [3.05, 3.63) is 52.4 Å². The van der Waals surface area contributed by atoms with Crippen LogP contribution >= 0.6 is 11.6 Å². The highest BCUT2D eigenvalue weighted by Crippen LogP contribution is 2.32. The van der Waals surface area contributed by atoms with Gasteiger partial charge in [0.2, 0.25) is 11.8 Å². The number of aryl methyl sites for hydroxylation is 1. The summed E-state index contributed by atoms with van der Waals surface area (Å²) in [6.07, 6.45) is -4.60. The van der Waals surface area contributed by atoms with E-state index in [4.69, 9.17) is 11.6 Å². The smallest absolute Gasteiger partial charge is 0.314 e. The van der Waals surface area contributed by atoms with Crippen LogP contribution in [0, 0.1) is 12.7 Å². The molecule has 3 rings (SSSR count). The number of piperazine rings is 1. The number of carbonyl (C=O) groups excluding carboxylic acids is 2. The van der Waals surface area contributed by atoms with E-state index in [0.29, 0.717) is 5.69 Å². The average molecular weight is 445 g/mol. The molecule has 0 bridgehead atoms. The fraction of sp³-hybridized carbons (Fsp3) is 0.316. The van der Waals surface area contributed by atoms with Crippen LogP contribution in [0.5, 0.6) is 0 Å². The first-order chi connectivity index (χ1) is 14.0. The molecule has 2 heterocycles. The second kappa shape index (κ2) is 8.19. The van der Waals surface area contributed by atoms with E-state index in [0.717, 1.165) is 23.1 Å². The number of hydrogen-bond acceptors (Lipinski definition) is 4. The van der Waals surface area contributed by atoms with Crippen LogP contribution in [0.4, 0.5) is 29.1 Å². The van der Waals surface area contributed by atoms with Gasteiger partial charge in [-0.15, -0.1) is 0 Å². The number of rotatable bonds is 3. The third-order valence-corrected chi connectivity index (χ3v) is 4.92. The zero-order valence-electron chi connectivity index (χ0n) is 15.9. The molecule has 1 N–H and O–H groups in total. The fourth-order valence-electron chi connectivity index (χ4n) is 3.05. The molecule has 1 saturated heterocycles. The monoisotopic (exact) mass is 444 g/mol. The molecule has 1 aliphatic rings. The molecule has 1 aliphatic heterocycles. The number of likely N-dealkylation sites (N-methyl/N-ethyl adjacent to an activating group) is 1. The van der Waals surface area contributed by atoms with E-state index in [9.17, 15) is 27.2 Å². The number of aromatic nitrogens is 1. The maximum absolute atomic E-state index is 13.4. The summed E-state index contributed by atoms with van der Waals surface area (Å²) in [5, 5.41) is 2.60. The molecule has 160 valence electrons. The molecular formula is C19H17ClF4N4O2. The van der Waals surface area contributed by atoms with Crippen LogP contribution in [0.2, 0.25) is 5.02 Å². The minimum Gasteiger partial charge on any atom is -0.314 e. The number of halogens is 5. The van der Waals surface area contributed by atoms with Gasteiger partial charge in [0.05, 0.1) is 23.7 Å². The van der Waals surface area contributed by atoms with Gasteiger partial charge in [0.25, 0.3) is 0 Å². The maximum atomic E-state index is 13.4. The lowest BCUT2D eigenvalue weighted by Gasteiger charge is -2.34. The first kappa shape index (κ1) is 22.0. The van der Waals surface area contributed by atoms with Crippen molar-refractivity contribution in [2.75, 3.05) is 29.9 Å². The Hall–Kier alpha value is -2.72. The minimum absolute atomic E-state index is 0.0899. The van der Waals surface area contributed by atoms with Gasteiger partial charge >= 0.3 is 6.18 Å². The Bertz CT molecular complexity index is 999. The third-order valence-electron chi connectivity index (χ3n) is 4.63. The highest BCUT2D eigenvalue weighted by molar-refractivity contribution is 6.31. The summed E-state index contributed by atoms with van der Waals surface area (Å²) in [6.45, 7) is 0.913. The number of nitrogens with one attached hydrogen (secondary N) is 1. The molecular weight excluding hydrogens is 428 g/mol. The quantitative estimate of drug-likeness (QED) is 0.739. The van der Waals surface area contributed by atoms with E-state index in [1.54, 1.807) is 0 Å². The molecule has 0 radical (unpaired) electrons. The summed E-state index contributed by atoms with van der Waals surface area (Å²) in [7, 11) is 1.45. The Morgan fingerprint density at radius 3 is 2.63 bits per heavy atom. The molecule has 11 heteroatoms. The Labute approximate surface area is 174 Å². The molecule has 1 atom stereocenters. The van der Waals surface area contributed by atoms with E-state index in [1.807, 2.05) is 0 Å². The zero-order valence-corrected chi connectivity index (χ0v) is 16.7. The van der Waals surface area contributed by atoms with Crippen LogP contribution in [-0.4, -0.2) is 43.0 Å². The van der Waals surface area contributed by atoms with E-state index in [2.05, 4.69) is 10.3 Å². The molecule has 1 fully saturated rings. The predicted octanol–water partition coefficient (Wildman–Crippen LogP) is 3.17. The molecule has 0 spiro atoms. The molecule has 2 aromatic rings. The van der Waals surface area contributed by atoms with Gasteiger partial charge in [-0.05, 0) is 37.3 Å². The van der Waals surface area contributed by atoms with E-state index in [1.165, 1.54) is 31.0 Å². The Balaban J connectivity index is 1.85. The first-order valence-corrected chi connectivity index (χ1v) is 9.17. The summed E-state index contributed by atoms with van der Waals surface area (Å²) < 4.78 is 52.8. The summed E-state index contributed by atoms with van der Waals surface area (Å²) in [4.78, 5) is 31.5. The second-order valence-electron chi connectivity index (χ2n) is 6.79. The Morgan fingerprint density at radius 1 is 1.30 bits per heavy atom. The molecule has 1 unspecified atom stereocenters. The van der Waals surface area contributed by atoms with Crippen molar-refractivity contribution < 1.29 is 27.2 Å². The highest BCUT2D eigenvalue weighted by atomic mass is 35.5. The van der Waals surface area contributed by atoms with Gasteiger partial charge in [-0.1, -0.05) is 11.6 Å². The van der Waals surface area contributed by atoms with Gasteiger partial charge in [-0.25, -0.2) is 9.37 Å².